The molecular formula is C59H59N. The van der Waals surface area contributed by atoms with Crippen LogP contribution in [0, 0.1) is 6.92 Å². The second kappa shape index (κ2) is 18.4. The predicted molar refractivity (Wildman–Crippen MR) is 259 cm³/mol. The number of hydrogen-bond acceptors (Lipinski definition) is 1. The standard InChI is InChI=1S/C59H59N/c1-6-21-54-55-31-18-19-32-57(55)59(5,50-27-12-9-13-28-50)58(54)39-41-60(40-20-26-45(7-2)44(4)46-22-10-8-11-23-46)51-37-35-47(36-38-51)49-34-33-43(3)56(42-49)53-30-17-16-29-52(53)48-24-14-15-25-48/h6-13,16-22,26-39,41-42,48H,14-15,23-25,40H2,1-5H3/b21-6-,26-20-,41-39+,45-7-,46-44-. The first-order valence-electron chi connectivity index (χ1n) is 22.0. The molecule has 3 aliphatic carbocycles. The van der Waals surface area contributed by atoms with Crippen molar-refractivity contribution >= 4 is 11.3 Å². The van der Waals surface area contributed by atoms with Crippen LogP contribution in [0.4, 0.5) is 5.69 Å². The Morgan fingerprint density at radius 2 is 1.47 bits per heavy atom. The molecular weight excluding hydrogens is 723 g/mol. The summed E-state index contributed by atoms with van der Waals surface area (Å²) in [6, 6.07) is 45.3. The largest absolute Gasteiger partial charge is 0.344 e. The van der Waals surface area contributed by atoms with E-state index in [-0.39, 0.29) is 5.41 Å². The molecule has 0 amide bonds. The third-order valence-corrected chi connectivity index (χ3v) is 13.2. The predicted octanol–water partition coefficient (Wildman–Crippen LogP) is 16.0. The Balaban J connectivity index is 1.17. The molecule has 0 bridgehead atoms. The van der Waals surface area contributed by atoms with Crippen molar-refractivity contribution in [1.82, 2.24) is 0 Å². The Hall–Kier alpha value is -6.18. The molecule has 0 radical (unpaired) electrons. The van der Waals surface area contributed by atoms with Gasteiger partial charge in [0.25, 0.3) is 0 Å². The topological polar surface area (TPSA) is 3.24 Å². The van der Waals surface area contributed by atoms with Gasteiger partial charge >= 0.3 is 0 Å². The molecule has 300 valence electrons. The molecule has 60 heavy (non-hydrogen) atoms. The number of fused-ring (bicyclic) bond motifs is 1. The Labute approximate surface area is 359 Å². The second-order valence-corrected chi connectivity index (χ2v) is 16.8. The molecule has 1 saturated carbocycles. The highest BCUT2D eigenvalue weighted by Crippen LogP contribution is 2.51. The molecule has 0 N–H and O–H groups in total. The minimum Gasteiger partial charge on any atom is -0.344 e. The highest BCUT2D eigenvalue weighted by molar-refractivity contribution is 5.89. The number of rotatable bonds is 12. The van der Waals surface area contributed by atoms with Gasteiger partial charge in [0, 0.05) is 23.8 Å². The van der Waals surface area contributed by atoms with Gasteiger partial charge < -0.3 is 4.90 Å². The first-order valence-corrected chi connectivity index (χ1v) is 22.0. The van der Waals surface area contributed by atoms with E-state index in [4.69, 9.17) is 0 Å². The quantitative estimate of drug-likeness (QED) is 0.114. The number of allylic oxidation sites excluding steroid dienone is 14. The molecule has 1 heteroatoms. The highest BCUT2D eigenvalue weighted by atomic mass is 15.1. The van der Waals surface area contributed by atoms with E-state index in [9.17, 15) is 0 Å². The van der Waals surface area contributed by atoms with Crippen LogP contribution in [-0.4, -0.2) is 6.54 Å². The molecule has 1 nitrogen and oxygen atoms in total. The average molecular weight is 782 g/mol. The van der Waals surface area contributed by atoms with Crippen LogP contribution in [0.1, 0.15) is 93.5 Å². The van der Waals surface area contributed by atoms with Gasteiger partial charge in [0.15, 0.2) is 0 Å². The lowest BCUT2D eigenvalue weighted by Crippen LogP contribution is -2.24. The molecule has 1 unspecified atom stereocenters. The molecule has 0 aromatic heterocycles. The van der Waals surface area contributed by atoms with Gasteiger partial charge in [0.2, 0.25) is 0 Å². The van der Waals surface area contributed by atoms with Crippen LogP contribution in [-0.2, 0) is 5.41 Å². The van der Waals surface area contributed by atoms with E-state index < -0.39 is 0 Å². The van der Waals surface area contributed by atoms with E-state index in [2.05, 4.69) is 228 Å². The molecule has 5 aromatic rings. The molecule has 5 aromatic carbocycles. The third kappa shape index (κ3) is 8.19. The van der Waals surface area contributed by atoms with Gasteiger partial charge in [0.1, 0.15) is 0 Å². The maximum Gasteiger partial charge on any atom is 0.0436 e. The van der Waals surface area contributed by atoms with E-state index in [1.54, 1.807) is 0 Å². The molecule has 0 saturated heterocycles. The van der Waals surface area contributed by atoms with Crippen LogP contribution in [0.5, 0.6) is 0 Å². The summed E-state index contributed by atoms with van der Waals surface area (Å²) in [6.45, 7) is 11.9. The Morgan fingerprint density at radius 3 is 2.20 bits per heavy atom. The van der Waals surface area contributed by atoms with E-state index in [1.165, 1.54) is 104 Å². The maximum atomic E-state index is 2.42. The number of hydrogen-bond donors (Lipinski definition) is 0. The second-order valence-electron chi connectivity index (χ2n) is 16.8. The molecule has 0 aliphatic heterocycles. The fourth-order valence-electron chi connectivity index (χ4n) is 9.80. The van der Waals surface area contributed by atoms with Crippen molar-refractivity contribution in [2.75, 3.05) is 11.4 Å². The smallest absolute Gasteiger partial charge is 0.0436 e. The SMILES string of the molecule is C/C=C\C1=C(/C=C/N(C\C=C/C(=C/C)C(/C)=C2/C=CC=CC2)c2ccc(-c3ccc(C)c(-c4ccccc4C4CCCC4)c3)cc2)C(C)(c2ccccc2)c2ccccc21. The van der Waals surface area contributed by atoms with Gasteiger partial charge in [-0.05, 0) is 162 Å². The van der Waals surface area contributed by atoms with Crippen LogP contribution in [0.2, 0.25) is 0 Å². The van der Waals surface area contributed by atoms with Crippen molar-refractivity contribution in [3.8, 4) is 22.3 Å². The molecule has 1 fully saturated rings. The number of anilines is 1. The Bertz CT molecular complexity index is 2580. The fraction of sp³-hybridized carbons (Fsp3) is 0.220. The zero-order valence-electron chi connectivity index (χ0n) is 36.2. The average Bonchev–Trinajstić information content (AvgIpc) is 3.93. The lowest BCUT2D eigenvalue weighted by Gasteiger charge is -2.30. The fourth-order valence-corrected chi connectivity index (χ4v) is 9.80. The lowest BCUT2D eigenvalue weighted by molar-refractivity contribution is 0.706. The maximum absolute atomic E-state index is 2.42. The van der Waals surface area contributed by atoms with Crippen LogP contribution in [0.25, 0.3) is 27.8 Å². The summed E-state index contributed by atoms with van der Waals surface area (Å²) in [6.07, 6.45) is 31.0. The van der Waals surface area contributed by atoms with E-state index in [0.29, 0.717) is 5.92 Å². The van der Waals surface area contributed by atoms with Crippen molar-refractivity contribution < 1.29 is 0 Å². The van der Waals surface area contributed by atoms with Crippen LogP contribution >= 0.6 is 0 Å². The third-order valence-electron chi connectivity index (χ3n) is 13.2. The summed E-state index contributed by atoms with van der Waals surface area (Å²) in [7, 11) is 0. The molecule has 0 spiro atoms. The summed E-state index contributed by atoms with van der Waals surface area (Å²) in [4.78, 5) is 2.40. The molecule has 3 aliphatic rings. The zero-order valence-corrected chi connectivity index (χ0v) is 36.2. The summed E-state index contributed by atoms with van der Waals surface area (Å²) >= 11 is 0. The van der Waals surface area contributed by atoms with Crippen molar-refractivity contribution in [2.45, 2.75) is 78.1 Å². The summed E-state index contributed by atoms with van der Waals surface area (Å²) in [5.74, 6) is 0.663. The summed E-state index contributed by atoms with van der Waals surface area (Å²) in [5.41, 5.74) is 19.4. The van der Waals surface area contributed by atoms with Crippen LogP contribution < -0.4 is 4.90 Å². The molecule has 8 rings (SSSR count). The van der Waals surface area contributed by atoms with Crippen LogP contribution in [0.3, 0.4) is 0 Å². The zero-order chi connectivity index (χ0) is 41.5. The van der Waals surface area contributed by atoms with Gasteiger partial charge in [-0.3, -0.25) is 0 Å². The van der Waals surface area contributed by atoms with Gasteiger partial charge in [-0.2, -0.15) is 0 Å². The highest BCUT2D eigenvalue weighted by Gasteiger charge is 2.40. The van der Waals surface area contributed by atoms with Crippen molar-refractivity contribution in [1.29, 1.82) is 0 Å². The van der Waals surface area contributed by atoms with E-state index >= 15 is 0 Å². The molecule has 1 atom stereocenters. The van der Waals surface area contributed by atoms with Gasteiger partial charge in [-0.1, -0.05) is 171 Å². The normalized spacial score (nSPS) is 19.1. The number of aryl methyl sites for hydroxylation is 1. The Morgan fingerprint density at radius 1 is 0.750 bits per heavy atom. The van der Waals surface area contributed by atoms with Gasteiger partial charge in [0.05, 0.1) is 0 Å². The number of nitrogens with zero attached hydrogens (tertiary/aromatic N) is 1. The minimum absolute atomic E-state index is 0.308. The lowest BCUT2D eigenvalue weighted by atomic mass is 9.73. The first kappa shape index (κ1) is 40.6. The molecule has 0 heterocycles. The summed E-state index contributed by atoms with van der Waals surface area (Å²) < 4.78 is 0. The minimum atomic E-state index is -0.308. The van der Waals surface area contributed by atoms with E-state index in [1.807, 2.05) is 0 Å². The van der Waals surface area contributed by atoms with Crippen molar-refractivity contribution in [2.24, 2.45) is 0 Å². The summed E-state index contributed by atoms with van der Waals surface area (Å²) in [5, 5.41) is 0. The monoisotopic (exact) mass is 781 g/mol. The van der Waals surface area contributed by atoms with Gasteiger partial charge in [-0.25, -0.2) is 0 Å². The van der Waals surface area contributed by atoms with Crippen LogP contribution in [0.15, 0.2) is 211 Å². The van der Waals surface area contributed by atoms with Crippen molar-refractivity contribution in [3.05, 3.63) is 238 Å². The van der Waals surface area contributed by atoms with E-state index in [0.717, 1.165) is 18.7 Å². The van der Waals surface area contributed by atoms with Crippen molar-refractivity contribution in [3.63, 3.8) is 0 Å². The van der Waals surface area contributed by atoms with Gasteiger partial charge in [-0.15, -0.1) is 0 Å². The number of benzene rings is 5. The Kier molecular flexibility index (Phi) is 12.4. The first-order chi connectivity index (χ1) is 29.4.